The lowest BCUT2D eigenvalue weighted by atomic mass is 10.1. The Hall–Kier alpha value is -2.73. The molecule has 1 aromatic heterocycles. The number of nitrogens with zero attached hydrogens (tertiary/aromatic N) is 3. The highest BCUT2D eigenvalue weighted by molar-refractivity contribution is 9.10. The Kier molecular flexibility index (Phi) is 5.16. The normalized spacial score (nSPS) is 13.6. The van der Waals surface area contributed by atoms with Gasteiger partial charge in [0.25, 0.3) is 5.91 Å². The van der Waals surface area contributed by atoms with Crippen LogP contribution in [0.4, 0.5) is 11.5 Å². The van der Waals surface area contributed by atoms with E-state index in [1.165, 1.54) is 12.8 Å². The lowest BCUT2D eigenvalue weighted by molar-refractivity contribution is 0.102. The van der Waals surface area contributed by atoms with Gasteiger partial charge >= 0.3 is 0 Å². The summed E-state index contributed by atoms with van der Waals surface area (Å²) >= 11 is 3.39. The Labute approximate surface area is 166 Å². The number of hydrogen-bond donors (Lipinski definition) is 1. The molecule has 1 saturated heterocycles. The third kappa shape index (κ3) is 4.17. The number of aromatic nitrogens is 2. The summed E-state index contributed by atoms with van der Waals surface area (Å²) in [7, 11) is 0. The third-order valence-electron chi connectivity index (χ3n) is 4.63. The zero-order chi connectivity index (χ0) is 18.6. The van der Waals surface area contributed by atoms with Crippen LogP contribution in [0.1, 0.15) is 23.2 Å². The number of amides is 1. The minimum Gasteiger partial charge on any atom is -0.357 e. The topological polar surface area (TPSA) is 58.1 Å². The average Bonchev–Trinajstić information content (AvgIpc) is 3.25. The van der Waals surface area contributed by atoms with E-state index < -0.39 is 0 Å². The second-order valence-electron chi connectivity index (χ2n) is 6.49. The Balaban J connectivity index is 1.49. The van der Waals surface area contributed by atoms with Crippen molar-refractivity contribution < 1.29 is 4.79 Å². The number of benzene rings is 2. The first-order valence-corrected chi connectivity index (χ1v) is 9.73. The van der Waals surface area contributed by atoms with Gasteiger partial charge in [0.05, 0.1) is 5.69 Å². The van der Waals surface area contributed by atoms with Crippen LogP contribution in [0.2, 0.25) is 0 Å². The van der Waals surface area contributed by atoms with Crippen molar-refractivity contribution in [2.45, 2.75) is 12.8 Å². The van der Waals surface area contributed by atoms with E-state index in [4.69, 9.17) is 0 Å². The van der Waals surface area contributed by atoms with E-state index in [9.17, 15) is 4.79 Å². The lowest BCUT2D eigenvalue weighted by Gasteiger charge is -2.16. The van der Waals surface area contributed by atoms with Gasteiger partial charge in [-0.1, -0.05) is 28.1 Å². The maximum absolute atomic E-state index is 12.4. The van der Waals surface area contributed by atoms with Gasteiger partial charge in [-0.05, 0) is 49.2 Å². The summed E-state index contributed by atoms with van der Waals surface area (Å²) < 4.78 is 0.975. The molecular formula is C21H19BrN4O. The SMILES string of the molecule is O=C(Nc1ccc(Br)cc1)c1ccc(-c2cc(N3CCCC3)ncn2)cc1. The predicted octanol–water partition coefficient (Wildman–Crippen LogP) is 4.76. The summed E-state index contributed by atoms with van der Waals surface area (Å²) in [6.07, 6.45) is 4.03. The molecule has 1 amide bonds. The number of nitrogens with one attached hydrogen (secondary N) is 1. The molecule has 0 unspecified atom stereocenters. The summed E-state index contributed by atoms with van der Waals surface area (Å²) in [5.74, 6) is 0.832. The van der Waals surface area contributed by atoms with Gasteiger partial charge in [0, 0.05) is 40.4 Å². The molecule has 1 aliphatic heterocycles. The molecule has 4 rings (SSSR count). The fourth-order valence-corrected chi connectivity index (χ4v) is 3.42. The molecule has 1 aliphatic rings. The van der Waals surface area contributed by atoms with E-state index in [2.05, 4.69) is 36.1 Å². The van der Waals surface area contributed by atoms with Crippen LogP contribution in [0.5, 0.6) is 0 Å². The third-order valence-corrected chi connectivity index (χ3v) is 5.16. The smallest absolute Gasteiger partial charge is 0.255 e. The highest BCUT2D eigenvalue weighted by Crippen LogP contribution is 2.24. The van der Waals surface area contributed by atoms with E-state index in [1.807, 2.05) is 54.6 Å². The van der Waals surface area contributed by atoms with Crippen molar-refractivity contribution in [3.63, 3.8) is 0 Å². The van der Waals surface area contributed by atoms with E-state index in [1.54, 1.807) is 6.33 Å². The molecule has 0 saturated carbocycles. The second kappa shape index (κ2) is 7.88. The average molecular weight is 423 g/mol. The second-order valence-corrected chi connectivity index (χ2v) is 7.41. The monoisotopic (exact) mass is 422 g/mol. The molecule has 6 heteroatoms. The number of carbonyl (C=O) groups is 1. The van der Waals surface area contributed by atoms with Crippen molar-refractivity contribution in [2.24, 2.45) is 0 Å². The Morgan fingerprint density at radius 2 is 1.67 bits per heavy atom. The van der Waals surface area contributed by atoms with E-state index in [0.29, 0.717) is 5.56 Å². The molecule has 0 radical (unpaired) electrons. The maximum atomic E-state index is 12.4. The zero-order valence-electron chi connectivity index (χ0n) is 14.7. The van der Waals surface area contributed by atoms with Gasteiger partial charge in [0.2, 0.25) is 0 Å². The predicted molar refractivity (Wildman–Crippen MR) is 111 cm³/mol. The zero-order valence-corrected chi connectivity index (χ0v) is 16.3. The van der Waals surface area contributed by atoms with E-state index >= 15 is 0 Å². The van der Waals surface area contributed by atoms with E-state index in [0.717, 1.165) is 40.3 Å². The van der Waals surface area contributed by atoms with Crippen LogP contribution in [-0.4, -0.2) is 29.0 Å². The molecule has 2 aromatic carbocycles. The highest BCUT2D eigenvalue weighted by atomic mass is 79.9. The molecule has 0 atom stereocenters. The number of hydrogen-bond acceptors (Lipinski definition) is 4. The van der Waals surface area contributed by atoms with Gasteiger partial charge in [-0.3, -0.25) is 4.79 Å². The highest BCUT2D eigenvalue weighted by Gasteiger charge is 2.14. The van der Waals surface area contributed by atoms with Gasteiger partial charge in [0.1, 0.15) is 12.1 Å². The van der Waals surface area contributed by atoms with Crippen LogP contribution in [0.3, 0.4) is 0 Å². The fraction of sp³-hybridized carbons (Fsp3) is 0.190. The first-order valence-electron chi connectivity index (χ1n) is 8.93. The molecule has 1 N–H and O–H groups in total. The minimum absolute atomic E-state index is 0.135. The van der Waals surface area contributed by atoms with Crippen LogP contribution in [-0.2, 0) is 0 Å². The molecule has 0 spiro atoms. The Morgan fingerprint density at radius 1 is 0.963 bits per heavy atom. The molecule has 27 heavy (non-hydrogen) atoms. The molecule has 136 valence electrons. The van der Waals surface area contributed by atoms with Gasteiger partial charge in [0.15, 0.2) is 0 Å². The number of halogens is 1. The van der Waals surface area contributed by atoms with Gasteiger partial charge in [-0.25, -0.2) is 9.97 Å². The fourth-order valence-electron chi connectivity index (χ4n) is 3.15. The summed E-state index contributed by atoms with van der Waals surface area (Å²) in [5, 5.41) is 2.90. The quantitative estimate of drug-likeness (QED) is 0.658. The number of rotatable bonds is 4. The molecule has 0 aliphatic carbocycles. The van der Waals surface area contributed by atoms with Crippen molar-refractivity contribution >= 4 is 33.3 Å². The number of anilines is 2. The van der Waals surface area contributed by atoms with Gasteiger partial charge in [-0.15, -0.1) is 0 Å². The van der Waals surface area contributed by atoms with Crippen molar-refractivity contribution in [3.05, 3.63) is 71.0 Å². The van der Waals surface area contributed by atoms with Crippen molar-refractivity contribution in [1.29, 1.82) is 0 Å². The van der Waals surface area contributed by atoms with Crippen molar-refractivity contribution in [2.75, 3.05) is 23.3 Å². The molecular weight excluding hydrogens is 404 g/mol. The maximum Gasteiger partial charge on any atom is 0.255 e. The van der Waals surface area contributed by atoms with Crippen LogP contribution >= 0.6 is 15.9 Å². The van der Waals surface area contributed by atoms with Gasteiger partial charge < -0.3 is 10.2 Å². The molecule has 0 bridgehead atoms. The molecule has 1 fully saturated rings. The van der Waals surface area contributed by atoms with Gasteiger partial charge in [-0.2, -0.15) is 0 Å². The molecule has 5 nitrogen and oxygen atoms in total. The lowest BCUT2D eigenvalue weighted by Crippen LogP contribution is -2.19. The van der Waals surface area contributed by atoms with Crippen LogP contribution < -0.4 is 10.2 Å². The number of carbonyl (C=O) groups excluding carboxylic acids is 1. The Bertz CT molecular complexity index is 935. The largest absolute Gasteiger partial charge is 0.357 e. The first kappa shape index (κ1) is 17.7. The van der Waals surface area contributed by atoms with Crippen molar-refractivity contribution in [1.82, 2.24) is 9.97 Å². The summed E-state index contributed by atoms with van der Waals surface area (Å²) in [6.45, 7) is 2.09. The first-order chi connectivity index (χ1) is 13.2. The van der Waals surface area contributed by atoms with E-state index in [-0.39, 0.29) is 5.91 Å². The van der Waals surface area contributed by atoms with Crippen LogP contribution in [0.25, 0.3) is 11.3 Å². The Morgan fingerprint density at radius 3 is 2.37 bits per heavy atom. The molecule has 3 aromatic rings. The summed E-state index contributed by atoms with van der Waals surface area (Å²) in [4.78, 5) is 23.5. The van der Waals surface area contributed by atoms with Crippen LogP contribution in [0.15, 0.2) is 65.4 Å². The summed E-state index contributed by atoms with van der Waals surface area (Å²) in [5.41, 5.74) is 3.21. The van der Waals surface area contributed by atoms with Crippen LogP contribution in [0, 0.1) is 0 Å². The standard InChI is InChI=1S/C21H19BrN4O/c22-17-7-9-18(10-8-17)25-21(27)16-5-3-15(4-6-16)19-13-20(24-14-23-19)26-11-1-2-12-26/h3-10,13-14H,1-2,11-12H2,(H,25,27). The van der Waals surface area contributed by atoms with Crippen molar-refractivity contribution in [3.8, 4) is 11.3 Å². The molecule has 2 heterocycles. The minimum atomic E-state index is -0.135. The summed E-state index contributed by atoms with van der Waals surface area (Å²) in [6, 6.07) is 17.0.